The van der Waals surface area contributed by atoms with Gasteiger partial charge in [-0.2, -0.15) is 0 Å². The summed E-state index contributed by atoms with van der Waals surface area (Å²) < 4.78 is 15.7. The minimum Gasteiger partial charge on any atom is -0.463 e. The van der Waals surface area contributed by atoms with Crippen molar-refractivity contribution in [2.75, 3.05) is 7.11 Å². The first kappa shape index (κ1) is 17.3. The molecule has 0 saturated heterocycles. The number of aromatic nitrogens is 2. The first-order valence-corrected chi connectivity index (χ1v) is 8.81. The lowest BCUT2D eigenvalue weighted by Gasteiger charge is -2.08. The number of hydrogen-bond donors (Lipinski definition) is 0. The zero-order chi connectivity index (χ0) is 17.6. The molecule has 7 heteroatoms. The van der Waals surface area contributed by atoms with Gasteiger partial charge in [-0.1, -0.05) is 49.0 Å². The second-order valence-electron chi connectivity index (χ2n) is 5.52. The molecule has 0 aliphatic heterocycles. The Morgan fingerprint density at radius 2 is 1.96 bits per heavy atom. The van der Waals surface area contributed by atoms with Gasteiger partial charge in [-0.15, -0.1) is 10.2 Å². The van der Waals surface area contributed by atoms with Crippen LogP contribution >= 0.6 is 11.8 Å². The van der Waals surface area contributed by atoms with E-state index in [2.05, 4.69) is 34.0 Å². The van der Waals surface area contributed by atoms with Crippen LogP contribution < -0.4 is 0 Å². The number of methoxy groups -OCH3 is 1. The van der Waals surface area contributed by atoms with Gasteiger partial charge in [0.2, 0.25) is 11.7 Å². The number of thioether (sulfide) groups is 1. The number of rotatable bonds is 7. The molecule has 0 bridgehead atoms. The summed E-state index contributed by atoms with van der Waals surface area (Å²) in [5.41, 5.74) is 1.24. The SMILES string of the molecule is COC(=O)c1ccc(CSc2nnc(CC(C)c3ccccc3)o2)o1. The van der Waals surface area contributed by atoms with E-state index in [-0.39, 0.29) is 5.76 Å². The summed E-state index contributed by atoms with van der Waals surface area (Å²) in [5.74, 6) is 1.73. The fourth-order valence-corrected chi connectivity index (χ4v) is 3.01. The van der Waals surface area contributed by atoms with Gasteiger partial charge in [0.25, 0.3) is 5.22 Å². The highest BCUT2D eigenvalue weighted by atomic mass is 32.2. The summed E-state index contributed by atoms with van der Waals surface area (Å²) >= 11 is 1.36. The average Bonchev–Trinajstić information content (AvgIpc) is 3.29. The van der Waals surface area contributed by atoms with Crippen molar-refractivity contribution < 1.29 is 18.4 Å². The maximum absolute atomic E-state index is 11.4. The number of carbonyl (C=O) groups is 1. The van der Waals surface area contributed by atoms with Crippen LogP contribution in [0.4, 0.5) is 0 Å². The smallest absolute Gasteiger partial charge is 0.373 e. The highest BCUT2D eigenvalue weighted by molar-refractivity contribution is 7.98. The summed E-state index contributed by atoms with van der Waals surface area (Å²) in [5, 5.41) is 8.63. The molecular weight excluding hydrogens is 340 g/mol. The van der Waals surface area contributed by atoms with Crippen molar-refractivity contribution in [1.29, 1.82) is 0 Å². The molecule has 6 nitrogen and oxygen atoms in total. The Balaban J connectivity index is 1.55. The first-order chi connectivity index (χ1) is 12.2. The second kappa shape index (κ2) is 8.02. The average molecular weight is 358 g/mol. The van der Waals surface area contributed by atoms with E-state index in [1.807, 2.05) is 18.2 Å². The van der Waals surface area contributed by atoms with Crippen LogP contribution in [-0.2, 0) is 16.9 Å². The van der Waals surface area contributed by atoms with E-state index in [9.17, 15) is 4.79 Å². The third-order valence-corrected chi connectivity index (χ3v) is 4.52. The lowest BCUT2D eigenvalue weighted by atomic mass is 9.98. The van der Waals surface area contributed by atoms with Crippen molar-refractivity contribution in [3.05, 3.63) is 65.4 Å². The summed E-state index contributed by atoms with van der Waals surface area (Å²) in [6.45, 7) is 2.13. The van der Waals surface area contributed by atoms with Crippen molar-refractivity contribution >= 4 is 17.7 Å². The Kier molecular flexibility index (Phi) is 5.55. The van der Waals surface area contributed by atoms with Crippen LogP contribution in [0.25, 0.3) is 0 Å². The van der Waals surface area contributed by atoms with Gasteiger partial charge in [-0.25, -0.2) is 4.79 Å². The van der Waals surface area contributed by atoms with Gasteiger partial charge >= 0.3 is 5.97 Å². The zero-order valence-electron chi connectivity index (χ0n) is 14.0. The molecule has 0 radical (unpaired) electrons. The highest BCUT2D eigenvalue weighted by Crippen LogP contribution is 2.25. The van der Waals surface area contributed by atoms with E-state index in [4.69, 9.17) is 8.83 Å². The predicted molar refractivity (Wildman–Crippen MR) is 92.5 cm³/mol. The quantitative estimate of drug-likeness (QED) is 0.465. The lowest BCUT2D eigenvalue weighted by Crippen LogP contribution is -1.98. The zero-order valence-corrected chi connectivity index (χ0v) is 14.8. The number of nitrogens with zero attached hydrogens (tertiary/aromatic N) is 2. The van der Waals surface area contributed by atoms with E-state index in [1.165, 1.54) is 24.4 Å². The molecule has 0 saturated carbocycles. The highest BCUT2D eigenvalue weighted by Gasteiger charge is 2.14. The fourth-order valence-electron chi connectivity index (χ4n) is 2.34. The topological polar surface area (TPSA) is 78.4 Å². The van der Waals surface area contributed by atoms with Crippen LogP contribution in [0.1, 0.15) is 40.6 Å². The third kappa shape index (κ3) is 4.51. The number of ether oxygens (including phenoxy) is 1. The standard InChI is InChI=1S/C18H18N2O4S/c1-12(13-6-4-3-5-7-13)10-16-19-20-18(24-16)25-11-14-8-9-15(23-14)17(21)22-2/h3-9,12H,10-11H2,1-2H3. The molecule has 0 amide bonds. The Bertz CT molecular complexity index is 828. The first-order valence-electron chi connectivity index (χ1n) is 7.83. The van der Waals surface area contributed by atoms with Crippen molar-refractivity contribution in [3.63, 3.8) is 0 Å². The number of benzene rings is 1. The van der Waals surface area contributed by atoms with Crippen LogP contribution in [0.5, 0.6) is 0 Å². The van der Waals surface area contributed by atoms with Crippen molar-refractivity contribution in [3.8, 4) is 0 Å². The van der Waals surface area contributed by atoms with Gasteiger partial charge < -0.3 is 13.6 Å². The van der Waals surface area contributed by atoms with E-state index >= 15 is 0 Å². The van der Waals surface area contributed by atoms with Crippen LogP contribution in [0, 0.1) is 0 Å². The van der Waals surface area contributed by atoms with Gasteiger partial charge in [0.05, 0.1) is 12.9 Å². The molecule has 0 aliphatic rings. The maximum Gasteiger partial charge on any atom is 0.373 e. The van der Waals surface area contributed by atoms with E-state index in [0.717, 1.165) is 0 Å². The van der Waals surface area contributed by atoms with E-state index in [0.29, 0.717) is 35.0 Å². The number of hydrogen-bond acceptors (Lipinski definition) is 7. The minimum absolute atomic E-state index is 0.181. The van der Waals surface area contributed by atoms with Crippen molar-refractivity contribution in [2.45, 2.75) is 30.2 Å². The summed E-state index contributed by atoms with van der Waals surface area (Å²) in [6, 6.07) is 13.5. The van der Waals surface area contributed by atoms with Gasteiger partial charge in [0.1, 0.15) is 5.76 Å². The molecule has 25 heavy (non-hydrogen) atoms. The molecule has 1 atom stereocenters. The molecule has 1 aromatic carbocycles. The molecule has 2 aromatic heterocycles. The van der Waals surface area contributed by atoms with Crippen LogP contribution in [0.3, 0.4) is 0 Å². The molecule has 0 aliphatic carbocycles. The van der Waals surface area contributed by atoms with Crippen LogP contribution in [0.2, 0.25) is 0 Å². The molecule has 0 N–H and O–H groups in total. The number of furan rings is 1. The Morgan fingerprint density at radius 1 is 1.16 bits per heavy atom. The summed E-state index contributed by atoms with van der Waals surface area (Å²) in [7, 11) is 1.32. The van der Waals surface area contributed by atoms with Crippen molar-refractivity contribution in [1.82, 2.24) is 10.2 Å². The molecular formula is C18H18N2O4S. The predicted octanol–water partition coefficient (Wildman–Crippen LogP) is 4.09. The van der Waals surface area contributed by atoms with Gasteiger partial charge in [0, 0.05) is 6.42 Å². The molecule has 0 fully saturated rings. The third-order valence-electron chi connectivity index (χ3n) is 3.68. The minimum atomic E-state index is -0.494. The molecule has 1 unspecified atom stereocenters. The second-order valence-corrected chi connectivity index (χ2v) is 6.45. The summed E-state index contributed by atoms with van der Waals surface area (Å²) in [4.78, 5) is 11.4. The molecule has 2 heterocycles. The normalized spacial score (nSPS) is 12.1. The molecule has 0 spiro atoms. The number of esters is 1. The van der Waals surface area contributed by atoms with Crippen molar-refractivity contribution in [2.24, 2.45) is 0 Å². The Labute approximate surface area is 149 Å². The van der Waals surface area contributed by atoms with Crippen LogP contribution in [-0.4, -0.2) is 23.3 Å². The van der Waals surface area contributed by atoms with Gasteiger partial charge in [-0.05, 0) is 23.6 Å². The largest absolute Gasteiger partial charge is 0.463 e. The monoisotopic (exact) mass is 358 g/mol. The Morgan fingerprint density at radius 3 is 2.72 bits per heavy atom. The van der Waals surface area contributed by atoms with Gasteiger partial charge in [-0.3, -0.25) is 0 Å². The fraction of sp³-hybridized carbons (Fsp3) is 0.278. The molecule has 3 aromatic rings. The maximum atomic E-state index is 11.4. The molecule has 130 valence electrons. The van der Waals surface area contributed by atoms with Gasteiger partial charge in [0.15, 0.2) is 0 Å². The van der Waals surface area contributed by atoms with E-state index < -0.39 is 5.97 Å². The Hall–Kier alpha value is -2.54. The lowest BCUT2D eigenvalue weighted by molar-refractivity contribution is 0.0563. The van der Waals surface area contributed by atoms with E-state index in [1.54, 1.807) is 12.1 Å². The van der Waals surface area contributed by atoms with Crippen LogP contribution in [0.15, 0.2) is 56.5 Å². The summed E-state index contributed by atoms with van der Waals surface area (Å²) in [6.07, 6.45) is 0.685. The molecule has 3 rings (SSSR count). The number of carbonyl (C=O) groups excluding carboxylic acids is 1.